The predicted octanol–water partition coefficient (Wildman–Crippen LogP) is 1.97. The molecule has 1 unspecified atom stereocenters. The number of likely N-dealkylation sites (tertiary alicyclic amines) is 1. The molecule has 1 atom stereocenters. The van der Waals surface area contributed by atoms with Gasteiger partial charge in [0.2, 0.25) is 0 Å². The van der Waals surface area contributed by atoms with E-state index in [9.17, 15) is 9.50 Å². The Morgan fingerprint density at radius 2 is 2.13 bits per heavy atom. The molecule has 1 aliphatic rings. The molecule has 2 heterocycles. The fourth-order valence-electron chi connectivity index (χ4n) is 2.97. The van der Waals surface area contributed by atoms with E-state index < -0.39 is 5.60 Å². The first kappa shape index (κ1) is 16.0. The summed E-state index contributed by atoms with van der Waals surface area (Å²) in [7, 11) is 1.97. The highest BCUT2D eigenvalue weighted by Gasteiger charge is 2.34. The number of benzene rings is 1. The van der Waals surface area contributed by atoms with E-state index in [1.165, 1.54) is 12.1 Å². The second-order valence-electron chi connectivity index (χ2n) is 6.28. The average Bonchev–Trinajstić information content (AvgIpc) is 2.92. The standard InChI is InChI=1S/C17H22FN3O2/c1-20-13-19-9-15(20)10-21-8-2-7-17(22,11-21)12-23-16-5-3-14(18)4-6-16/h3-6,9,13,22H,2,7-8,10-12H2,1H3. The van der Waals surface area contributed by atoms with Crippen LogP contribution in [-0.2, 0) is 13.6 Å². The van der Waals surface area contributed by atoms with Crippen molar-refractivity contribution >= 4 is 0 Å². The third-order valence-electron chi connectivity index (χ3n) is 4.26. The van der Waals surface area contributed by atoms with Crippen molar-refractivity contribution in [2.24, 2.45) is 7.05 Å². The van der Waals surface area contributed by atoms with E-state index in [0.717, 1.165) is 25.2 Å². The number of halogens is 1. The summed E-state index contributed by atoms with van der Waals surface area (Å²) in [5.74, 6) is 0.277. The molecule has 0 bridgehead atoms. The second-order valence-corrected chi connectivity index (χ2v) is 6.28. The lowest BCUT2D eigenvalue weighted by molar-refractivity contribution is -0.0624. The molecule has 0 aliphatic carbocycles. The van der Waals surface area contributed by atoms with Crippen LogP contribution in [0.5, 0.6) is 5.75 Å². The summed E-state index contributed by atoms with van der Waals surface area (Å²) >= 11 is 0. The van der Waals surface area contributed by atoms with Crippen molar-refractivity contribution in [2.45, 2.75) is 25.0 Å². The minimum Gasteiger partial charge on any atom is -0.491 e. The molecular weight excluding hydrogens is 297 g/mol. The number of β-amino-alcohol motifs (C(OH)–C–C–N with tert-alkyl or cyclic N) is 1. The van der Waals surface area contributed by atoms with Gasteiger partial charge in [-0.05, 0) is 43.7 Å². The minimum absolute atomic E-state index is 0.209. The van der Waals surface area contributed by atoms with Gasteiger partial charge >= 0.3 is 0 Å². The van der Waals surface area contributed by atoms with E-state index in [-0.39, 0.29) is 12.4 Å². The summed E-state index contributed by atoms with van der Waals surface area (Å²) in [5.41, 5.74) is 0.235. The predicted molar refractivity (Wildman–Crippen MR) is 84.6 cm³/mol. The molecule has 0 saturated carbocycles. The summed E-state index contributed by atoms with van der Waals surface area (Å²) < 4.78 is 20.5. The van der Waals surface area contributed by atoms with Crippen LogP contribution in [0.15, 0.2) is 36.8 Å². The van der Waals surface area contributed by atoms with Gasteiger partial charge in [0.1, 0.15) is 23.8 Å². The van der Waals surface area contributed by atoms with E-state index in [0.29, 0.717) is 18.7 Å². The van der Waals surface area contributed by atoms with Crippen LogP contribution >= 0.6 is 0 Å². The molecule has 5 nitrogen and oxygen atoms in total. The molecule has 1 aromatic carbocycles. The van der Waals surface area contributed by atoms with Gasteiger partial charge in [-0.1, -0.05) is 0 Å². The number of ether oxygens (including phenoxy) is 1. The summed E-state index contributed by atoms with van der Waals surface area (Å²) in [4.78, 5) is 6.34. The number of rotatable bonds is 5. The number of hydrogen-bond acceptors (Lipinski definition) is 4. The number of hydrogen-bond donors (Lipinski definition) is 1. The van der Waals surface area contributed by atoms with Gasteiger partial charge in [0.15, 0.2) is 0 Å². The number of aromatic nitrogens is 2. The van der Waals surface area contributed by atoms with Crippen molar-refractivity contribution in [1.29, 1.82) is 0 Å². The van der Waals surface area contributed by atoms with Gasteiger partial charge in [0.05, 0.1) is 12.0 Å². The second kappa shape index (κ2) is 6.68. The topological polar surface area (TPSA) is 50.5 Å². The first-order valence-electron chi connectivity index (χ1n) is 7.82. The van der Waals surface area contributed by atoms with E-state index in [1.54, 1.807) is 18.5 Å². The van der Waals surface area contributed by atoms with Gasteiger partial charge in [-0.3, -0.25) is 4.90 Å². The number of aliphatic hydroxyl groups is 1. The summed E-state index contributed by atoms with van der Waals surface area (Å²) in [6, 6.07) is 5.87. The number of imidazole rings is 1. The van der Waals surface area contributed by atoms with Gasteiger partial charge in [-0.2, -0.15) is 0 Å². The van der Waals surface area contributed by atoms with Crippen LogP contribution in [0.3, 0.4) is 0 Å². The van der Waals surface area contributed by atoms with Crippen molar-refractivity contribution < 1.29 is 14.2 Å². The molecule has 124 valence electrons. The highest BCUT2D eigenvalue weighted by Crippen LogP contribution is 2.24. The van der Waals surface area contributed by atoms with Crippen LogP contribution < -0.4 is 4.74 Å². The lowest BCUT2D eigenvalue weighted by Gasteiger charge is -2.38. The van der Waals surface area contributed by atoms with Crippen molar-refractivity contribution in [3.05, 3.63) is 48.3 Å². The average molecular weight is 319 g/mol. The maximum atomic E-state index is 12.9. The molecule has 1 N–H and O–H groups in total. The zero-order chi connectivity index (χ0) is 16.3. The summed E-state index contributed by atoms with van der Waals surface area (Å²) in [6.07, 6.45) is 5.25. The molecule has 2 aromatic rings. The monoisotopic (exact) mass is 319 g/mol. The van der Waals surface area contributed by atoms with Gasteiger partial charge in [0, 0.05) is 26.3 Å². The highest BCUT2D eigenvalue weighted by atomic mass is 19.1. The van der Waals surface area contributed by atoms with Gasteiger partial charge < -0.3 is 14.4 Å². The molecular formula is C17H22FN3O2. The van der Waals surface area contributed by atoms with Gasteiger partial charge in [0.25, 0.3) is 0 Å². The Balaban J connectivity index is 1.57. The van der Waals surface area contributed by atoms with Crippen LogP contribution in [0.25, 0.3) is 0 Å². The Hall–Kier alpha value is -1.92. The van der Waals surface area contributed by atoms with Gasteiger partial charge in [-0.15, -0.1) is 0 Å². The van der Waals surface area contributed by atoms with Crippen molar-refractivity contribution in [3.63, 3.8) is 0 Å². The molecule has 0 spiro atoms. The Morgan fingerprint density at radius 3 is 2.83 bits per heavy atom. The molecule has 1 saturated heterocycles. The molecule has 0 amide bonds. The lowest BCUT2D eigenvalue weighted by Crippen LogP contribution is -2.51. The third-order valence-corrected chi connectivity index (χ3v) is 4.26. The zero-order valence-corrected chi connectivity index (χ0v) is 13.3. The summed E-state index contributed by atoms with van der Waals surface area (Å²) in [5, 5.41) is 10.8. The van der Waals surface area contributed by atoms with Crippen LogP contribution in [-0.4, -0.2) is 44.9 Å². The number of nitrogens with zero attached hydrogens (tertiary/aromatic N) is 3. The van der Waals surface area contributed by atoms with Crippen LogP contribution in [0, 0.1) is 5.82 Å². The first-order valence-corrected chi connectivity index (χ1v) is 7.82. The molecule has 3 rings (SSSR count). The SMILES string of the molecule is Cn1cncc1CN1CCCC(O)(COc2ccc(F)cc2)C1. The molecule has 23 heavy (non-hydrogen) atoms. The van der Waals surface area contributed by atoms with Crippen molar-refractivity contribution in [3.8, 4) is 5.75 Å². The molecule has 1 aliphatic heterocycles. The zero-order valence-electron chi connectivity index (χ0n) is 13.3. The normalized spacial score (nSPS) is 22.2. The molecule has 1 fully saturated rings. The van der Waals surface area contributed by atoms with E-state index in [2.05, 4.69) is 9.88 Å². The van der Waals surface area contributed by atoms with Crippen molar-refractivity contribution in [2.75, 3.05) is 19.7 Å². The largest absolute Gasteiger partial charge is 0.491 e. The molecule has 1 aromatic heterocycles. The van der Waals surface area contributed by atoms with Crippen LogP contribution in [0.1, 0.15) is 18.5 Å². The van der Waals surface area contributed by atoms with E-state index in [4.69, 9.17) is 4.74 Å². The number of aryl methyl sites for hydroxylation is 1. The quantitative estimate of drug-likeness (QED) is 0.915. The first-order chi connectivity index (χ1) is 11.0. The minimum atomic E-state index is -0.884. The lowest BCUT2D eigenvalue weighted by atomic mass is 9.93. The smallest absolute Gasteiger partial charge is 0.123 e. The molecule has 0 radical (unpaired) electrons. The third kappa shape index (κ3) is 4.09. The van der Waals surface area contributed by atoms with E-state index in [1.807, 2.05) is 17.8 Å². The van der Waals surface area contributed by atoms with E-state index >= 15 is 0 Å². The summed E-state index contributed by atoms with van der Waals surface area (Å²) in [6.45, 7) is 2.47. The Kier molecular flexibility index (Phi) is 4.63. The fourth-order valence-corrected chi connectivity index (χ4v) is 2.97. The number of piperidine rings is 1. The van der Waals surface area contributed by atoms with Crippen LogP contribution in [0.4, 0.5) is 4.39 Å². The van der Waals surface area contributed by atoms with Crippen molar-refractivity contribution in [1.82, 2.24) is 14.5 Å². The maximum Gasteiger partial charge on any atom is 0.123 e. The Morgan fingerprint density at radius 1 is 1.35 bits per heavy atom. The Labute approximate surface area is 135 Å². The Bertz CT molecular complexity index is 644. The van der Waals surface area contributed by atoms with Gasteiger partial charge in [-0.25, -0.2) is 9.37 Å². The molecule has 6 heteroatoms. The fraction of sp³-hybridized carbons (Fsp3) is 0.471. The maximum absolute atomic E-state index is 12.9. The highest BCUT2D eigenvalue weighted by molar-refractivity contribution is 5.22. The van der Waals surface area contributed by atoms with Crippen LogP contribution in [0.2, 0.25) is 0 Å².